The number of carbonyl (C=O) groups is 1. The molecule has 0 spiro atoms. The minimum atomic E-state index is -3.64. The summed E-state index contributed by atoms with van der Waals surface area (Å²) < 4.78 is 28.5. The predicted octanol–water partition coefficient (Wildman–Crippen LogP) is 5.22. The van der Waals surface area contributed by atoms with Gasteiger partial charge in [0, 0.05) is 37.1 Å². The monoisotopic (exact) mass is 565 g/mol. The third-order valence-electron chi connectivity index (χ3n) is 8.04. The van der Waals surface area contributed by atoms with E-state index < -0.39 is 10.0 Å². The Hall–Kier alpha value is -2.52. The predicted molar refractivity (Wildman–Crippen MR) is 158 cm³/mol. The molecule has 208 valence electrons. The maximum atomic E-state index is 13.6. The van der Waals surface area contributed by atoms with Crippen molar-refractivity contribution in [2.45, 2.75) is 63.4 Å². The second kappa shape index (κ2) is 10.8. The van der Waals surface area contributed by atoms with Crippen LogP contribution in [0.2, 0.25) is 0 Å². The van der Waals surface area contributed by atoms with E-state index in [2.05, 4.69) is 68.3 Å². The third-order valence-corrected chi connectivity index (χ3v) is 11.1. The van der Waals surface area contributed by atoms with Crippen LogP contribution in [-0.2, 0) is 26.7 Å². The number of hydrogen-bond acceptors (Lipinski definition) is 5. The van der Waals surface area contributed by atoms with Gasteiger partial charge in [-0.25, -0.2) is 8.42 Å². The number of piperazine rings is 1. The summed E-state index contributed by atoms with van der Waals surface area (Å²) in [4.78, 5) is 19.4. The Morgan fingerprint density at radius 2 is 1.67 bits per heavy atom. The topological polar surface area (TPSA) is 60.9 Å². The van der Waals surface area contributed by atoms with Crippen LogP contribution in [0.1, 0.15) is 60.9 Å². The van der Waals surface area contributed by atoms with Crippen molar-refractivity contribution in [2.24, 2.45) is 0 Å². The van der Waals surface area contributed by atoms with Crippen LogP contribution in [-0.4, -0.2) is 67.2 Å². The molecule has 2 unspecified atom stereocenters. The Balaban J connectivity index is 1.28. The number of carbonyl (C=O) groups excluding carboxylic acids is 1. The third kappa shape index (κ3) is 5.71. The summed E-state index contributed by atoms with van der Waals surface area (Å²) >= 11 is 1.79. The fourth-order valence-corrected chi connectivity index (χ4v) is 8.26. The van der Waals surface area contributed by atoms with Crippen LogP contribution in [0.5, 0.6) is 0 Å². The molecular formula is C31H39N3O3S2. The minimum absolute atomic E-state index is 0.0423. The molecule has 2 aliphatic heterocycles. The number of thiophene rings is 1. The van der Waals surface area contributed by atoms with Crippen molar-refractivity contribution in [1.29, 1.82) is 0 Å². The van der Waals surface area contributed by atoms with E-state index in [4.69, 9.17) is 0 Å². The lowest BCUT2D eigenvalue weighted by molar-refractivity contribution is -0.135. The Kier molecular flexibility index (Phi) is 7.76. The van der Waals surface area contributed by atoms with Gasteiger partial charge in [0.15, 0.2) is 0 Å². The second-order valence-corrected chi connectivity index (χ2v) is 14.8. The number of hydrogen-bond donors (Lipinski definition) is 0. The SMILES string of the molecule is Cc1ccc(C2c3ccsc3CCN2CC(=O)N2CCN(S(=O)(=O)c3ccc(C(C)(C)C)cc3)C(C)C2)cc1. The smallest absolute Gasteiger partial charge is 0.243 e. The van der Waals surface area contributed by atoms with Gasteiger partial charge in [-0.3, -0.25) is 9.69 Å². The van der Waals surface area contributed by atoms with Gasteiger partial charge in [0.05, 0.1) is 17.5 Å². The van der Waals surface area contributed by atoms with Crippen LogP contribution in [0.3, 0.4) is 0 Å². The summed E-state index contributed by atoms with van der Waals surface area (Å²) in [5.41, 5.74) is 4.77. The van der Waals surface area contributed by atoms with Gasteiger partial charge in [0.25, 0.3) is 0 Å². The zero-order valence-corrected chi connectivity index (χ0v) is 25.2. The maximum absolute atomic E-state index is 13.6. The number of aryl methyl sites for hydroxylation is 1. The molecular weight excluding hydrogens is 526 g/mol. The Morgan fingerprint density at radius 1 is 0.974 bits per heavy atom. The van der Waals surface area contributed by atoms with Crippen molar-refractivity contribution < 1.29 is 13.2 Å². The molecule has 2 aliphatic rings. The van der Waals surface area contributed by atoms with E-state index in [-0.39, 0.29) is 23.4 Å². The first-order valence-corrected chi connectivity index (χ1v) is 16.0. The van der Waals surface area contributed by atoms with Gasteiger partial charge in [-0.2, -0.15) is 4.31 Å². The van der Waals surface area contributed by atoms with Gasteiger partial charge in [-0.05, 0) is 66.0 Å². The molecule has 0 radical (unpaired) electrons. The van der Waals surface area contributed by atoms with Gasteiger partial charge in [-0.15, -0.1) is 11.3 Å². The number of fused-ring (bicyclic) bond motifs is 1. The molecule has 6 nitrogen and oxygen atoms in total. The normalized spacial score (nSPS) is 21.1. The zero-order valence-electron chi connectivity index (χ0n) is 23.6. The molecule has 0 bridgehead atoms. The van der Waals surface area contributed by atoms with E-state index in [1.54, 1.807) is 27.8 Å². The quantitative estimate of drug-likeness (QED) is 0.426. The molecule has 1 saturated heterocycles. The lowest BCUT2D eigenvalue weighted by Gasteiger charge is -2.41. The Labute approximate surface area is 237 Å². The fourth-order valence-electron chi connectivity index (χ4n) is 5.74. The van der Waals surface area contributed by atoms with E-state index in [0.717, 1.165) is 18.5 Å². The van der Waals surface area contributed by atoms with Crippen LogP contribution < -0.4 is 0 Å². The molecule has 1 aromatic heterocycles. The molecule has 5 rings (SSSR count). The van der Waals surface area contributed by atoms with Gasteiger partial charge < -0.3 is 4.90 Å². The Morgan fingerprint density at radius 3 is 2.31 bits per heavy atom. The van der Waals surface area contributed by atoms with Gasteiger partial charge in [0.1, 0.15) is 0 Å². The van der Waals surface area contributed by atoms with E-state index in [1.807, 2.05) is 24.0 Å². The molecule has 39 heavy (non-hydrogen) atoms. The van der Waals surface area contributed by atoms with Crippen LogP contribution in [0.15, 0.2) is 64.9 Å². The molecule has 2 atom stereocenters. The zero-order chi connectivity index (χ0) is 27.9. The summed E-state index contributed by atoms with van der Waals surface area (Å²) in [6.45, 7) is 12.6. The first-order valence-electron chi connectivity index (χ1n) is 13.7. The highest BCUT2D eigenvalue weighted by molar-refractivity contribution is 7.89. The maximum Gasteiger partial charge on any atom is 0.243 e. The average Bonchev–Trinajstić information content (AvgIpc) is 3.37. The number of benzene rings is 2. The van der Waals surface area contributed by atoms with Gasteiger partial charge in [0.2, 0.25) is 15.9 Å². The summed E-state index contributed by atoms with van der Waals surface area (Å²) in [6, 6.07) is 17.8. The highest BCUT2D eigenvalue weighted by Gasteiger charge is 2.37. The lowest BCUT2D eigenvalue weighted by Crippen LogP contribution is -2.57. The van der Waals surface area contributed by atoms with Crippen LogP contribution in [0.4, 0.5) is 0 Å². The Bertz CT molecular complexity index is 1420. The first-order chi connectivity index (χ1) is 18.4. The summed E-state index contributed by atoms with van der Waals surface area (Å²) in [7, 11) is -3.64. The summed E-state index contributed by atoms with van der Waals surface area (Å²) in [5, 5.41) is 2.15. The van der Waals surface area contributed by atoms with E-state index in [9.17, 15) is 13.2 Å². The van der Waals surface area contributed by atoms with E-state index >= 15 is 0 Å². The molecule has 1 amide bonds. The van der Waals surface area contributed by atoms with Crippen molar-refractivity contribution in [3.05, 3.63) is 87.1 Å². The van der Waals surface area contributed by atoms with Crippen LogP contribution in [0, 0.1) is 6.92 Å². The molecule has 8 heteroatoms. The molecule has 0 saturated carbocycles. The van der Waals surface area contributed by atoms with Crippen molar-refractivity contribution in [2.75, 3.05) is 32.7 Å². The van der Waals surface area contributed by atoms with Crippen LogP contribution in [0.25, 0.3) is 0 Å². The van der Waals surface area contributed by atoms with Crippen molar-refractivity contribution in [1.82, 2.24) is 14.1 Å². The van der Waals surface area contributed by atoms with Gasteiger partial charge >= 0.3 is 0 Å². The van der Waals surface area contributed by atoms with E-state index in [1.165, 1.54) is 21.6 Å². The number of sulfonamides is 1. The molecule has 1 fully saturated rings. The molecule has 0 aliphatic carbocycles. The number of nitrogens with zero attached hydrogens (tertiary/aromatic N) is 3. The second-order valence-electron chi connectivity index (χ2n) is 11.9. The molecule has 2 aromatic carbocycles. The van der Waals surface area contributed by atoms with E-state index in [0.29, 0.717) is 31.1 Å². The van der Waals surface area contributed by atoms with Gasteiger partial charge in [-0.1, -0.05) is 62.7 Å². The summed E-state index contributed by atoms with van der Waals surface area (Å²) in [5.74, 6) is 0.0595. The largest absolute Gasteiger partial charge is 0.339 e. The van der Waals surface area contributed by atoms with Crippen molar-refractivity contribution >= 4 is 27.3 Å². The summed E-state index contributed by atoms with van der Waals surface area (Å²) in [6.07, 6.45) is 0.944. The molecule has 3 heterocycles. The highest BCUT2D eigenvalue weighted by atomic mass is 32.2. The van der Waals surface area contributed by atoms with Crippen molar-refractivity contribution in [3.8, 4) is 0 Å². The average molecular weight is 566 g/mol. The highest BCUT2D eigenvalue weighted by Crippen LogP contribution is 2.38. The van der Waals surface area contributed by atoms with Crippen molar-refractivity contribution in [3.63, 3.8) is 0 Å². The lowest BCUT2D eigenvalue weighted by atomic mass is 9.87. The van der Waals surface area contributed by atoms with Crippen LogP contribution >= 0.6 is 11.3 Å². The molecule has 3 aromatic rings. The number of rotatable bonds is 5. The first kappa shape index (κ1) is 28.0. The standard InChI is InChI=1S/C31H39N3O3S2/c1-22-6-8-24(9-7-22)30-27-15-19-38-28(27)14-16-33(30)21-29(35)32-17-18-34(23(2)20-32)39(36,37)26-12-10-25(11-13-26)31(3,4)5/h6-13,15,19,23,30H,14,16-18,20-21H2,1-5H3. The number of amides is 1. The fraction of sp³-hybridized carbons (Fsp3) is 0.452. The minimum Gasteiger partial charge on any atom is -0.339 e. The molecule has 0 N–H and O–H groups in total.